The van der Waals surface area contributed by atoms with Crippen LogP contribution in [0.1, 0.15) is 32.1 Å². The molecule has 1 aromatic carbocycles. The lowest BCUT2D eigenvalue weighted by Crippen LogP contribution is -2.53. The number of hydrogen-bond donors (Lipinski definition) is 0. The molecule has 6 heteroatoms. The smallest absolute Gasteiger partial charge is 0.185 e. The van der Waals surface area contributed by atoms with Gasteiger partial charge in [0.05, 0.1) is 0 Å². The number of rotatable bonds is 1. The molecule has 2 fully saturated rings. The number of benzene rings is 1. The van der Waals surface area contributed by atoms with Crippen LogP contribution < -0.4 is 4.90 Å². The minimum absolute atomic E-state index is 0.0358. The van der Waals surface area contributed by atoms with E-state index in [0.717, 1.165) is 6.42 Å². The fraction of sp³-hybridized carbons (Fsp3) is 0.500. The summed E-state index contributed by atoms with van der Waals surface area (Å²) in [6.07, 6.45) is 2.39. The number of carbonyl (C=O) groups excluding carboxylic acids is 1. The van der Waals surface area contributed by atoms with Gasteiger partial charge in [-0.3, -0.25) is 4.79 Å². The maximum absolute atomic E-state index is 13.9. The van der Waals surface area contributed by atoms with E-state index in [2.05, 4.69) is 0 Å². The zero-order valence-electron chi connectivity index (χ0n) is 10.6. The van der Waals surface area contributed by atoms with Crippen LogP contribution >= 0.6 is 0 Å². The largest absolute Gasteiger partial charge is 0.360 e. The topological polar surface area (TPSA) is 20.3 Å². The van der Waals surface area contributed by atoms with Crippen molar-refractivity contribution in [3.05, 3.63) is 29.3 Å². The van der Waals surface area contributed by atoms with Crippen LogP contribution in [0, 0.1) is 23.3 Å². The summed E-state index contributed by atoms with van der Waals surface area (Å²) in [6, 6.07) is -0.542. The van der Waals surface area contributed by atoms with Crippen LogP contribution in [0.2, 0.25) is 0 Å². The Bertz CT molecular complexity index is 533. The van der Waals surface area contributed by atoms with E-state index in [1.54, 1.807) is 0 Å². The summed E-state index contributed by atoms with van der Waals surface area (Å²) < 4.78 is 54.6. The van der Waals surface area contributed by atoms with Crippen LogP contribution in [0.3, 0.4) is 0 Å². The normalized spacial score (nSPS) is 26.0. The monoisotopic (exact) mass is 287 g/mol. The van der Waals surface area contributed by atoms with Crippen LogP contribution in [0.15, 0.2) is 6.07 Å². The predicted molar refractivity (Wildman–Crippen MR) is 64.4 cm³/mol. The molecule has 2 nitrogen and oxygen atoms in total. The number of ketones is 1. The number of hydrogen-bond acceptors (Lipinski definition) is 2. The first-order valence-corrected chi connectivity index (χ1v) is 6.62. The van der Waals surface area contributed by atoms with Crippen molar-refractivity contribution in [3.63, 3.8) is 0 Å². The Labute approximate surface area is 113 Å². The van der Waals surface area contributed by atoms with E-state index in [1.165, 1.54) is 4.90 Å². The highest BCUT2D eigenvalue weighted by Gasteiger charge is 2.41. The summed E-state index contributed by atoms with van der Waals surface area (Å²) in [5.41, 5.74) is -0.662. The van der Waals surface area contributed by atoms with E-state index < -0.39 is 29.0 Å². The van der Waals surface area contributed by atoms with Crippen molar-refractivity contribution in [1.29, 1.82) is 0 Å². The van der Waals surface area contributed by atoms with E-state index in [-0.39, 0.29) is 36.8 Å². The second kappa shape index (κ2) is 4.75. The number of nitrogens with zero attached hydrogens (tertiary/aromatic N) is 1. The van der Waals surface area contributed by atoms with E-state index in [0.29, 0.717) is 12.8 Å². The van der Waals surface area contributed by atoms with Gasteiger partial charge in [-0.25, -0.2) is 17.6 Å². The summed E-state index contributed by atoms with van der Waals surface area (Å²) >= 11 is 0. The average Bonchev–Trinajstić information content (AvgIpc) is 2.37. The molecule has 0 aliphatic carbocycles. The van der Waals surface area contributed by atoms with Gasteiger partial charge in [-0.1, -0.05) is 0 Å². The third-order valence-electron chi connectivity index (χ3n) is 4.13. The van der Waals surface area contributed by atoms with Crippen molar-refractivity contribution in [2.45, 2.75) is 44.2 Å². The Morgan fingerprint density at radius 3 is 1.95 bits per heavy atom. The zero-order chi connectivity index (χ0) is 14.4. The lowest BCUT2D eigenvalue weighted by atomic mass is 9.83. The van der Waals surface area contributed by atoms with Gasteiger partial charge in [0.2, 0.25) is 0 Å². The molecule has 0 aromatic heterocycles. The van der Waals surface area contributed by atoms with E-state index in [1.807, 2.05) is 0 Å². The van der Waals surface area contributed by atoms with Crippen molar-refractivity contribution in [1.82, 2.24) is 0 Å². The summed E-state index contributed by atoms with van der Waals surface area (Å²) in [5.74, 6) is -5.54. The molecule has 2 aliphatic rings. The van der Waals surface area contributed by atoms with Gasteiger partial charge >= 0.3 is 0 Å². The van der Waals surface area contributed by atoms with Crippen molar-refractivity contribution in [2.75, 3.05) is 4.90 Å². The highest BCUT2D eigenvalue weighted by Crippen LogP contribution is 2.39. The summed E-state index contributed by atoms with van der Waals surface area (Å²) in [5, 5.41) is 0. The number of carbonyl (C=O) groups is 1. The van der Waals surface area contributed by atoms with Gasteiger partial charge in [-0.15, -0.1) is 0 Å². The fourth-order valence-electron chi connectivity index (χ4n) is 3.33. The number of halogens is 4. The number of Topliss-reactive ketones (excluding diaryl/α,β-unsaturated/α-hetero) is 1. The molecule has 0 amide bonds. The third kappa shape index (κ3) is 1.98. The van der Waals surface area contributed by atoms with Crippen LogP contribution in [-0.4, -0.2) is 17.9 Å². The molecular formula is C14H13F4NO. The van der Waals surface area contributed by atoms with Gasteiger partial charge in [0.1, 0.15) is 11.5 Å². The lowest BCUT2D eigenvalue weighted by Gasteiger charge is -2.47. The van der Waals surface area contributed by atoms with Crippen LogP contribution in [0.4, 0.5) is 23.2 Å². The van der Waals surface area contributed by atoms with Gasteiger partial charge in [-0.2, -0.15) is 0 Å². The summed E-state index contributed by atoms with van der Waals surface area (Å²) in [6.45, 7) is 0. The molecule has 3 rings (SSSR count). The van der Waals surface area contributed by atoms with Gasteiger partial charge in [-0.05, 0) is 19.3 Å². The van der Waals surface area contributed by atoms with Crippen LogP contribution in [0.5, 0.6) is 0 Å². The Balaban J connectivity index is 2.11. The van der Waals surface area contributed by atoms with Crippen molar-refractivity contribution >= 4 is 11.5 Å². The molecule has 2 unspecified atom stereocenters. The minimum atomic E-state index is -1.41. The number of fused-ring (bicyclic) bond motifs is 2. The maximum Gasteiger partial charge on any atom is 0.185 e. The first kappa shape index (κ1) is 13.4. The van der Waals surface area contributed by atoms with Crippen LogP contribution in [0.25, 0.3) is 0 Å². The molecular weight excluding hydrogens is 274 g/mol. The zero-order valence-corrected chi connectivity index (χ0v) is 10.6. The summed E-state index contributed by atoms with van der Waals surface area (Å²) in [4.78, 5) is 13.0. The molecule has 0 radical (unpaired) electrons. The van der Waals surface area contributed by atoms with Crippen molar-refractivity contribution in [3.8, 4) is 0 Å². The Morgan fingerprint density at radius 2 is 1.45 bits per heavy atom. The molecule has 2 saturated heterocycles. The van der Waals surface area contributed by atoms with Gasteiger partial charge < -0.3 is 4.90 Å². The highest BCUT2D eigenvalue weighted by atomic mass is 19.2. The highest BCUT2D eigenvalue weighted by molar-refractivity contribution is 5.82. The molecule has 0 N–H and O–H groups in total. The van der Waals surface area contributed by atoms with Gasteiger partial charge in [0.25, 0.3) is 0 Å². The molecule has 2 heterocycles. The van der Waals surface area contributed by atoms with E-state index in [9.17, 15) is 22.4 Å². The first-order valence-electron chi connectivity index (χ1n) is 6.62. The fourth-order valence-corrected chi connectivity index (χ4v) is 3.33. The quantitative estimate of drug-likeness (QED) is 0.583. The number of anilines is 1. The standard InChI is InChI=1S/C14H13F4NO/c15-10-6-11(16)13(18)14(12(10)17)19-7-2-1-3-8(19)5-9(20)4-7/h6-8H,1-5H2. The minimum Gasteiger partial charge on any atom is -0.360 e. The Hall–Kier alpha value is -1.59. The van der Waals surface area contributed by atoms with E-state index >= 15 is 0 Å². The molecule has 2 bridgehead atoms. The second-order valence-corrected chi connectivity index (χ2v) is 5.41. The molecule has 20 heavy (non-hydrogen) atoms. The average molecular weight is 287 g/mol. The van der Waals surface area contributed by atoms with Crippen molar-refractivity contribution in [2.24, 2.45) is 0 Å². The molecule has 0 spiro atoms. The molecule has 2 atom stereocenters. The van der Waals surface area contributed by atoms with E-state index in [4.69, 9.17) is 0 Å². The predicted octanol–water partition coefficient (Wildman–Crippen LogP) is 3.33. The van der Waals surface area contributed by atoms with Gasteiger partial charge in [0, 0.05) is 31.0 Å². The van der Waals surface area contributed by atoms with Crippen molar-refractivity contribution < 1.29 is 22.4 Å². The molecule has 2 aliphatic heterocycles. The number of piperidine rings is 2. The molecule has 1 aromatic rings. The second-order valence-electron chi connectivity index (χ2n) is 5.41. The molecule has 108 valence electrons. The van der Waals surface area contributed by atoms with Crippen LogP contribution in [-0.2, 0) is 4.79 Å². The third-order valence-corrected chi connectivity index (χ3v) is 4.13. The molecule has 0 saturated carbocycles. The SMILES string of the molecule is O=C1CC2CCCC(C1)N2c1c(F)c(F)cc(F)c1F. The lowest BCUT2D eigenvalue weighted by molar-refractivity contribution is -0.121. The first-order chi connectivity index (χ1) is 9.49. The maximum atomic E-state index is 13.9. The Kier molecular flexibility index (Phi) is 3.18. The Morgan fingerprint density at radius 1 is 0.950 bits per heavy atom. The van der Waals surface area contributed by atoms with Gasteiger partial charge in [0.15, 0.2) is 23.3 Å². The summed E-state index contributed by atoms with van der Waals surface area (Å²) in [7, 11) is 0.